The van der Waals surface area contributed by atoms with Crippen LogP contribution < -0.4 is 0 Å². The van der Waals surface area contributed by atoms with Crippen molar-refractivity contribution < 1.29 is 18.4 Å². The van der Waals surface area contributed by atoms with Crippen molar-refractivity contribution in [2.75, 3.05) is 7.11 Å². The number of oxazole rings is 2. The molecule has 0 unspecified atom stereocenters. The molecule has 0 amide bonds. The van der Waals surface area contributed by atoms with Gasteiger partial charge in [0.2, 0.25) is 11.8 Å². The van der Waals surface area contributed by atoms with Gasteiger partial charge in [0.25, 0.3) is 0 Å². The molecule has 7 heteroatoms. The van der Waals surface area contributed by atoms with E-state index in [0.717, 1.165) is 11.1 Å². The summed E-state index contributed by atoms with van der Waals surface area (Å²) in [5, 5.41) is 0. The average molecular weight is 416 g/mol. The number of esters is 1. The standard InChI is InChI=1S/C23H16N2O4S/c1-27-23(26)16-8-4-10-18-20(16)25-22(29-18)15-7-3-9-17-19(15)24-21(28-17)14-6-2-5-13(11-14)12-30/h2-11,30H,12H2,1H3. The molecule has 0 aliphatic carbocycles. The first-order valence-electron chi connectivity index (χ1n) is 9.26. The summed E-state index contributed by atoms with van der Waals surface area (Å²) in [6.07, 6.45) is 0. The van der Waals surface area contributed by atoms with Crippen LogP contribution in [-0.2, 0) is 10.5 Å². The van der Waals surface area contributed by atoms with Crippen LogP contribution in [0.1, 0.15) is 15.9 Å². The molecule has 30 heavy (non-hydrogen) atoms. The van der Waals surface area contributed by atoms with Gasteiger partial charge in [-0.25, -0.2) is 14.8 Å². The maximum absolute atomic E-state index is 12.1. The minimum atomic E-state index is -0.466. The van der Waals surface area contributed by atoms with Gasteiger partial charge in [-0.15, -0.1) is 0 Å². The van der Waals surface area contributed by atoms with Crippen molar-refractivity contribution in [3.05, 3.63) is 71.8 Å². The molecule has 148 valence electrons. The van der Waals surface area contributed by atoms with Crippen LogP contribution in [0.5, 0.6) is 0 Å². The molecule has 5 aromatic rings. The number of rotatable bonds is 4. The van der Waals surface area contributed by atoms with E-state index in [4.69, 9.17) is 18.6 Å². The van der Waals surface area contributed by atoms with Crippen LogP contribution in [0.3, 0.4) is 0 Å². The number of aromatic nitrogens is 2. The molecule has 0 spiro atoms. The Hall–Kier alpha value is -3.58. The molecule has 0 saturated carbocycles. The number of hydrogen-bond acceptors (Lipinski definition) is 7. The predicted molar refractivity (Wildman–Crippen MR) is 116 cm³/mol. The van der Waals surface area contributed by atoms with Crippen LogP contribution in [0.25, 0.3) is 45.1 Å². The smallest absolute Gasteiger partial charge is 0.340 e. The highest BCUT2D eigenvalue weighted by Crippen LogP contribution is 2.34. The van der Waals surface area contributed by atoms with Gasteiger partial charge in [-0.2, -0.15) is 12.6 Å². The summed E-state index contributed by atoms with van der Waals surface area (Å²) in [6.45, 7) is 0. The summed E-state index contributed by atoms with van der Waals surface area (Å²) in [7, 11) is 1.34. The number of thiol groups is 1. The molecule has 0 aliphatic rings. The van der Waals surface area contributed by atoms with Gasteiger partial charge in [0.05, 0.1) is 18.2 Å². The second-order valence-corrected chi connectivity index (χ2v) is 7.01. The lowest BCUT2D eigenvalue weighted by Gasteiger charge is -1.98. The van der Waals surface area contributed by atoms with Crippen molar-refractivity contribution in [3.8, 4) is 22.9 Å². The van der Waals surface area contributed by atoms with E-state index in [1.54, 1.807) is 18.2 Å². The lowest BCUT2D eigenvalue weighted by molar-refractivity contribution is 0.0602. The van der Waals surface area contributed by atoms with Gasteiger partial charge in [-0.1, -0.05) is 24.3 Å². The molecule has 0 saturated heterocycles. The zero-order chi connectivity index (χ0) is 20.7. The number of nitrogens with zero attached hydrogens (tertiary/aromatic N) is 2. The quantitative estimate of drug-likeness (QED) is 0.307. The summed E-state index contributed by atoms with van der Waals surface area (Å²) in [5.41, 5.74) is 5.17. The van der Waals surface area contributed by atoms with E-state index < -0.39 is 5.97 Å². The highest BCUT2D eigenvalue weighted by Gasteiger charge is 2.20. The van der Waals surface area contributed by atoms with Crippen molar-refractivity contribution >= 4 is 40.8 Å². The Bertz CT molecular complexity index is 1400. The molecule has 2 aromatic heterocycles. The zero-order valence-corrected chi connectivity index (χ0v) is 16.8. The number of ether oxygens (including phenoxy) is 1. The minimum Gasteiger partial charge on any atom is -0.465 e. The van der Waals surface area contributed by atoms with Gasteiger partial charge < -0.3 is 13.6 Å². The Kier molecular flexibility index (Phi) is 4.52. The van der Waals surface area contributed by atoms with E-state index in [9.17, 15) is 4.79 Å². The van der Waals surface area contributed by atoms with Crippen molar-refractivity contribution in [1.29, 1.82) is 0 Å². The largest absolute Gasteiger partial charge is 0.465 e. The fraction of sp³-hybridized carbons (Fsp3) is 0.0870. The normalized spacial score (nSPS) is 11.3. The molecule has 0 aliphatic heterocycles. The van der Waals surface area contributed by atoms with Crippen LogP contribution in [0.15, 0.2) is 69.5 Å². The highest BCUT2D eigenvalue weighted by molar-refractivity contribution is 7.79. The van der Waals surface area contributed by atoms with Gasteiger partial charge in [0.15, 0.2) is 11.2 Å². The number of carbonyl (C=O) groups excluding carboxylic acids is 1. The van der Waals surface area contributed by atoms with E-state index >= 15 is 0 Å². The van der Waals surface area contributed by atoms with E-state index in [0.29, 0.717) is 50.9 Å². The first-order chi connectivity index (χ1) is 14.7. The van der Waals surface area contributed by atoms with Crippen LogP contribution in [0, 0.1) is 0 Å². The Labute approximate surface area is 176 Å². The average Bonchev–Trinajstić information content (AvgIpc) is 3.42. The second kappa shape index (κ2) is 7.35. The molecule has 0 atom stereocenters. The van der Waals surface area contributed by atoms with Gasteiger partial charge >= 0.3 is 5.97 Å². The summed E-state index contributed by atoms with van der Waals surface area (Å²) in [4.78, 5) is 21.3. The van der Waals surface area contributed by atoms with E-state index in [-0.39, 0.29) is 0 Å². The Morgan fingerprint density at radius 2 is 1.63 bits per heavy atom. The third kappa shape index (κ3) is 3.04. The number of carbonyl (C=O) groups is 1. The Balaban J connectivity index is 1.66. The monoisotopic (exact) mass is 416 g/mol. The van der Waals surface area contributed by atoms with Gasteiger partial charge in [0, 0.05) is 11.3 Å². The number of fused-ring (bicyclic) bond motifs is 2. The molecule has 0 N–H and O–H groups in total. The van der Waals surface area contributed by atoms with E-state index in [2.05, 4.69) is 17.6 Å². The Morgan fingerprint density at radius 3 is 2.43 bits per heavy atom. The molecule has 0 fully saturated rings. The number of methoxy groups -OCH3 is 1. The fourth-order valence-electron chi connectivity index (χ4n) is 3.39. The summed E-state index contributed by atoms with van der Waals surface area (Å²) < 4.78 is 16.8. The number of hydrogen-bond donors (Lipinski definition) is 1. The molecule has 0 radical (unpaired) electrons. The van der Waals surface area contributed by atoms with Crippen LogP contribution in [0.4, 0.5) is 0 Å². The lowest BCUT2D eigenvalue weighted by Crippen LogP contribution is -2.01. The first kappa shape index (κ1) is 18.4. The third-order valence-electron chi connectivity index (χ3n) is 4.83. The SMILES string of the molecule is COC(=O)c1cccc2oc(-c3cccc4oc(-c5cccc(CS)c5)nc34)nc12. The van der Waals surface area contributed by atoms with Crippen LogP contribution in [0.2, 0.25) is 0 Å². The maximum atomic E-state index is 12.1. The molecule has 3 aromatic carbocycles. The van der Waals surface area contributed by atoms with Crippen LogP contribution in [-0.4, -0.2) is 23.0 Å². The predicted octanol–water partition coefficient (Wildman–Crippen LogP) is 5.52. The summed E-state index contributed by atoms with van der Waals surface area (Å²) in [6, 6.07) is 18.6. The van der Waals surface area contributed by atoms with Crippen LogP contribution >= 0.6 is 12.6 Å². The van der Waals surface area contributed by atoms with Gasteiger partial charge in [-0.05, 0) is 42.0 Å². The summed E-state index contributed by atoms with van der Waals surface area (Å²) >= 11 is 4.33. The Morgan fingerprint density at radius 1 is 0.933 bits per heavy atom. The topological polar surface area (TPSA) is 78.4 Å². The molecule has 2 heterocycles. The fourth-order valence-corrected chi connectivity index (χ4v) is 3.58. The van der Waals surface area contributed by atoms with Crippen molar-refractivity contribution in [3.63, 3.8) is 0 Å². The molecular formula is C23H16N2O4S. The van der Waals surface area contributed by atoms with E-state index in [1.165, 1.54) is 7.11 Å². The maximum Gasteiger partial charge on any atom is 0.340 e. The van der Waals surface area contributed by atoms with Crippen molar-refractivity contribution in [2.24, 2.45) is 0 Å². The molecular weight excluding hydrogens is 400 g/mol. The minimum absolute atomic E-state index is 0.349. The molecule has 5 rings (SSSR count). The number of para-hydroxylation sites is 2. The van der Waals surface area contributed by atoms with Gasteiger partial charge in [-0.3, -0.25) is 0 Å². The van der Waals surface area contributed by atoms with Gasteiger partial charge in [0.1, 0.15) is 11.0 Å². The molecule has 0 bridgehead atoms. The lowest BCUT2D eigenvalue weighted by atomic mass is 10.1. The second-order valence-electron chi connectivity index (χ2n) is 6.69. The van der Waals surface area contributed by atoms with Crippen molar-refractivity contribution in [1.82, 2.24) is 9.97 Å². The summed E-state index contributed by atoms with van der Waals surface area (Å²) in [5.74, 6) is 1.03. The number of benzene rings is 3. The van der Waals surface area contributed by atoms with E-state index in [1.807, 2.05) is 42.5 Å². The molecule has 6 nitrogen and oxygen atoms in total. The third-order valence-corrected chi connectivity index (χ3v) is 5.20. The first-order valence-corrected chi connectivity index (χ1v) is 9.89. The van der Waals surface area contributed by atoms with Crippen molar-refractivity contribution in [2.45, 2.75) is 5.75 Å². The highest BCUT2D eigenvalue weighted by atomic mass is 32.1. The zero-order valence-electron chi connectivity index (χ0n) is 16.0.